The molecule has 108 valence electrons. The summed E-state index contributed by atoms with van der Waals surface area (Å²) in [5, 5.41) is 12.2. The Morgan fingerprint density at radius 1 is 1.00 bits per heavy atom. The Bertz CT molecular complexity index is 729. The normalized spacial score (nSPS) is 10.2. The summed E-state index contributed by atoms with van der Waals surface area (Å²) in [6, 6.07) is 9.01. The zero-order valence-corrected chi connectivity index (χ0v) is 12.5. The molecule has 2 rings (SSSR count). The lowest BCUT2D eigenvalue weighted by atomic mass is 10.1. The number of carbonyl (C=O) groups is 2. The van der Waals surface area contributed by atoms with Crippen LogP contribution in [0, 0.1) is 6.92 Å². The number of benzene rings is 2. The quantitative estimate of drug-likeness (QED) is 0.887. The third kappa shape index (κ3) is 3.54. The summed E-state index contributed by atoms with van der Waals surface area (Å²) in [6.07, 6.45) is 0. The van der Waals surface area contributed by atoms with E-state index in [1.807, 2.05) is 0 Å². The van der Waals surface area contributed by atoms with Crippen LogP contribution in [-0.2, 0) is 0 Å². The van der Waals surface area contributed by atoms with Crippen LogP contribution in [0.4, 0.5) is 5.69 Å². The molecule has 2 N–H and O–H groups in total. The molecule has 1 amide bonds. The summed E-state index contributed by atoms with van der Waals surface area (Å²) in [5.41, 5.74) is 1.63. The predicted octanol–water partition coefficient (Wildman–Crippen LogP) is 4.25. The van der Waals surface area contributed by atoms with Crippen molar-refractivity contribution >= 4 is 40.8 Å². The van der Waals surface area contributed by atoms with E-state index in [-0.39, 0.29) is 16.5 Å². The first-order valence-corrected chi connectivity index (χ1v) is 6.74. The molecular weight excluding hydrogens is 313 g/mol. The zero-order valence-electron chi connectivity index (χ0n) is 11.0. The number of hydrogen-bond donors (Lipinski definition) is 2. The molecule has 2 aromatic carbocycles. The molecule has 0 aromatic heterocycles. The molecule has 0 bridgehead atoms. The maximum atomic E-state index is 12.1. The maximum absolute atomic E-state index is 12.1. The van der Waals surface area contributed by atoms with Crippen LogP contribution in [0.2, 0.25) is 10.0 Å². The van der Waals surface area contributed by atoms with E-state index in [9.17, 15) is 9.59 Å². The van der Waals surface area contributed by atoms with Crippen molar-refractivity contribution in [1.29, 1.82) is 0 Å². The topological polar surface area (TPSA) is 66.4 Å². The Hall–Kier alpha value is -2.04. The SMILES string of the molecule is Cc1cc(C(=O)Nc2ccc(C(=O)O)cc2Cl)ccc1Cl. The number of anilines is 1. The van der Waals surface area contributed by atoms with E-state index in [0.717, 1.165) is 5.56 Å². The van der Waals surface area contributed by atoms with E-state index in [0.29, 0.717) is 16.3 Å². The molecule has 0 atom stereocenters. The molecule has 0 aliphatic rings. The van der Waals surface area contributed by atoms with Gasteiger partial charge in [0.2, 0.25) is 0 Å². The van der Waals surface area contributed by atoms with Crippen LogP contribution in [0.25, 0.3) is 0 Å². The van der Waals surface area contributed by atoms with Gasteiger partial charge in [-0.15, -0.1) is 0 Å². The molecule has 2 aromatic rings. The summed E-state index contributed by atoms with van der Waals surface area (Å²) in [6.45, 7) is 1.80. The van der Waals surface area contributed by atoms with Gasteiger partial charge in [-0.25, -0.2) is 4.79 Å². The average Bonchev–Trinajstić information content (AvgIpc) is 2.43. The summed E-state index contributed by atoms with van der Waals surface area (Å²) in [7, 11) is 0. The second-order valence-electron chi connectivity index (χ2n) is 4.42. The first-order valence-electron chi connectivity index (χ1n) is 5.99. The van der Waals surface area contributed by atoms with Crippen molar-refractivity contribution < 1.29 is 14.7 Å². The molecule has 6 heteroatoms. The number of carbonyl (C=O) groups excluding carboxylic acids is 1. The summed E-state index contributed by atoms with van der Waals surface area (Å²) < 4.78 is 0. The van der Waals surface area contributed by atoms with Crippen LogP contribution < -0.4 is 5.32 Å². The Kier molecular flexibility index (Phi) is 4.50. The van der Waals surface area contributed by atoms with Gasteiger partial charge in [-0.3, -0.25) is 4.79 Å². The molecule has 21 heavy (non-hydrogen) atoms. The predicted molar refractivity (Wildman–Crippen MR) is 82.6 cm³/mol. The van der Waals surface area contributed by atoms with E-state index in [1.54, 1.807) is 25.1 Å². The van der Waals surface area contributed by atoms with Gasteiger partial charge in [0.15, 0.2) is 0 Å². The van der Waals surface area contributed by atoms with Gasteiger partial charge in [0.1, 0.15) is 0 Å². The van der Waals surface area contributed by atoms with E-state index in [1.165, 1.54) is 18.2 Å². The summed E-state index contributed by atoms with van der Waals surface area (Å²) in [4.78, 5) is 22.9. The highest BCUT2D eigenvalue weighted by Crippen LogP contribution is 2.24. The Morgan fingerprint density at radius 3 is 2.24 bits per heavy atom. The van der Waals surface area contributed by atoms with Crippen molar-refractivity contribution in [1.82, 2.24) is 0 Å². The van der Waals surface area contributed by atoms with Crippen LogP contribution in [0.1, 0.15) is 26.3 Å². The number of rotatable bonds is 3. The average molecular weight is 324 g/mol. The van der Waals surface area contributed by atoms with E-state index >= 15 is 0 Å². The lowest BCUT2D eigenvalue weighted by Crippen LogP contribution is -2.12. The number of aromatic carboxylic acids is 1. The second kappa shape index (κ2) is 6.16. The van der Waals surface area contributed by atoms with Crippen molar-refractivity contribution in [2.24, 2.45) is 0 Å². The molecule has 0 saturated carbocycles. The Labute approximate surface area is 131 Å². The van der Waals surface area contributed by atoms with Crippen molar-refractivity contribution in [3.63, 3.8) is 0 Å². The Morgan fingerprint density at radius 2 is 1.67 bits per heavy atom. The lowest BCUT2D eigenvalue weighted by Gasteiger charge is -2.09. The fourth-order valence-electron chi connectivity index (χ4n) is 1.73. The molecular formula is C15H11Cl2NO3. The first kappa shape index (κ1) is 15.4. The van der Waals surface area contributed by atoms with Gasteiger partial charge in [0.25, 0.3) is 5.91 Å². The number of carboxylic acids is 1. The minimum Gasteiger partial charge on any atom is -0.478 e. The molecule has 0 fully saturated rings. The molecule has 0 radical (unpaired) electrons. The zero-order chi connectivity index (χ0) is 15.6. The van der Waals surface area contributed by atoms with Crippen LogP contribution in [0.15, 0.2) is 36.4 Å². The van der Waals surface area contributed by atoms with Crippen molar-refractivity contribution in [2.45, 2.75) is 6.92 Å². The second-order valence-corrected chi connectivity index (χ2v) is 5.23. The highest BCUT2D eigenvalue weighted by Gasteiger charge is 2.11. The minimum atomic E-state index is -1.08. The number of nitrogens with one attached hydrogen (secondary N) is 1. The molecule has 0 aliphatic heterocycles. The van der Waals surface area contributed by atoms with Crippen molar-refractivity contribution in [3.05, 3.63) is 63.1 Å². The number of hydrogen-bond acceptors (Lipinski definition) is 2. The van der Waals surface area contributed by atoms with Crippen molar-refractivity contribution in [3.8, 4) is 0 Å². The molecule has 0 spiro atoms. The standard InChI is InChI=1S/C15H11Cl2NO3/c1-8-6-9(2-4-11(8)16)14(19)18-13-5-3-10(15(20)21)7-12(13)17/h2-7H,1H3,(H,18,19)(H,20,21). The molecule has 0 heterocycles. The van der Waals surface area contributed by atoms with Crippen LogP contribution in [0.5, 0.6) is 0 Å². The van der Waals surface area contributed by atoms with Gasteiger partial charge >= 0.3 is 5.97 Å². The number of amides is 1. The van der Waals surface area contributed by atoms with Crippen LogP contribution in [-0.4, -0.2) is 17.0 Å². The fraction of sp³-hybridized carbons (Fsp3) is 0.0667. The smallest absolute Gasteiger partial charge is 0.335 e. The van der Waals surface area contributed by atoms with Gasteiger partial charge in [0, 0.05) is 10.6 Å². The van der Waals surface area contributed by atoms with E-state index < -0.39 is 5.97 Å². The monoisotopic (exact) mass is 323 g/mol. The third-order valence-corrected chi connectivity index (χ3v) is 3.62. The molecule has 4 nitrogen and oxygen atoms in total. The van der Waals surface area contributed by atoms with Gasteiger partial charge in [-0.1, -0.05) is 23.2 Å². The lowest BCUT2D eigenvalue weighted by molar-refractivity contribution is 0.0696. The fourth-order valence-corrected chi connectivity index (χ4v) is 2.08. The minimum absolute atomic E-state index is 0.0559. The van der Waals surface area contributed by atoms with E-state index in [4.69, 9.17) is 28.3 Å². The summed E-state index contributed by atoms with van der Waals surface area (Å²) >= 11 is 11.9. The third-order valence-electron chi connectivity index (χ3n) is 2.88. The van der Waals surface area contributed by atoms with Gasteiger partial charge in [-0.05, 0) is 48.9 Å². The summed E-state index contributed by atoms with van der Waals surface area (Å²) in [5.74, 6) is -1.43. The largest absolute Gasteiger partial charge is 0.478 e. The van der Waals surface area contributed by atoms with Crippen LogP contribution in [0.3, 0.4) is 0 Å². The molecule has 0 unspecified atom stereocenters. The first-order chi connectivity index (χ1) is 9.88. The van der Waals surface area contributed by atoms with E-state index in [2.05, 4.69) is 5.32 Å². The van der Waals surface area contributed by atoms with Crippen molar-refractivity contribution in [2.75, 3.05) is 5.32 Å². The number of aryl methyl sites for hydroxylation is 1. The number of carboxylic acid groups (broad SMARTS) is 1. The maximum Gasteiger partial charge on any atom is 0.335 e. The Balaban J connectivity index is 2.23. The molecule has 0 saturated heterocycles. The molecule has 0 aliphatic carbocycles. The van der Waals surface area contributed by atoms with Crippen LogP contribution >= 0.6 is 23.2 Å². The van der Waals surface area contributed by atoms with Gasteiger partial charge < -0.3 is 10.4 Å². The highest BCUT2D eigenvalue weighted by molar-refractivity contribution is 6.34. The van der Waals surface area contributed by atoms with Gasteiger partial charge in [-0.2, -0.15) is 0 Å². The van der Waals surface area contributed by atoms with Gasteiger partial charge in [0.05, 0.1) is 16.3 Å². The highest BCUT2D eigenvalue weighted by atomic mass is 35.5. The number of halogens is 2.